The van der Waals surface area contributed by atoms with Crippen LogP contribution in [0.4, 0.5) is 4.79 Å². The van der Waals surface area contributed by atoms with E-state index in [4.69, 9.17) is 25.5 Å². The average Bonchev–Trinajstić information content (AvgIpc) is 2.76. The van der Waals surface area contributed by atoms with Crippen LogP contribution < -0.4 is 15.7 Å². The Balaban J connectivity index is 1.59. The van der Waals surface area contributed by atoms with E-state index >= 15 is 0 Å². The Morgan fingerprint density at radius 2 is 1.85 bits per heavy atom. The zero-order chi connectivity index (χ0) is 24.9. The molecule has 1 fully saturated rings. The van der Waals surface area contributed by atoms with Gasteiger partial charge in [-0.1, -0.05) is 24.9 Å². The fourth-order valence-electron chi connectivity index (χ4n) is 4.22. The molecule has 34 heavy (non-hydrogen) atoms. The molecular formula is C26H34ClNO6. The molecule has 1 amide bonds. The molecular weight excluding hydrogens is 458 g/mol. The topological polar surface area (TPSA) is 94.8 Å². The number of amides is 1. The lowest BCUT2D eigenvalue weighted by Gasteiger charge is -2.28. The highest BCUT2D eigenvalue weighted by molar-refractivity contribution is 6.33. The van der Waals surface area contributed by atoms with Crippen molar-refractivity contribution in [2.45, 2.75) is 78.2 Å². The van der Waals surface area contributed by atoms with Crippen molar-refractivity contribution in [2.24, 2.45) is 11.8 Å². The lowest BCUT2D eigenvalue weighted by Crippen LogP contribution is -2.36. The fourth-order valence-corrected chi connectivity index (χ4v) is 4.42. The van der Waals surface area contributed by atoms with Crippen LogP contribution in [0.15, 0.2) is 27.4 Å². The van der Waals surface area contributed by atoms with E-state index in [2.05, 4.69) is 12.2 Å². The summed E-state index contributed by atoms with van der Waals surface area (Å²) in [7, 11) is 0. The van der Waals surface area contributed by atoms with Crippen LogP contribution in [0.1, 0.15) is 71.8 Å². The first-order valence-corrected chi connectivity index (χ1v) is 12.4. The average molecular weight is 492 g/mol. The smallest absolute Gasteiger partial charge is 0.407 e. The van der Waals surface area contributed by atoms with Crippen LogP contribution in [0.3, 0.4) is 0 Å². The van der Waals surface area contributed by atoms with Crippen LogP contribution in [0.5, 0.6) is 5.75 Å². The van der Waals surface area contributed by atoms with Crippen LogP contribution in [-0.4, -0.2) is 24.2 Å². The molecule has 0 atom stereocenters. The minimum atomic E-state index is -0.533. The molecule has 1 aliphatic rings. The van der Waals surface area contributed by atoms with E-state index in [0.29, 0.717) is 30.0 Å². The molecule has 0 radical (unpaired) electrons. The van der Waals surface area contributed by atoms with E-state index in [1.54, 1.807) is 6.07 Å². The molecule has 1 heterocycles. The number of benzene rings is 1. The van der Waals surface area contributed by atoms with Crippen LogP contribution >= 0.6 is 11.6 Å². The Labute approximate surface area is 205 Å². The zero-order valence-corrected chi connectivity index (χ0v) is 21.1. The van der Waals surface area contributed by atoms with Crippen molar-refractivity contribution in [3.63, 3.8) is 0 Å². The molecule has 2 aromatic rings. The van der Waals surface area contributed by atoms with Crippen molar-refractivity contribution in [3.05, 3.63) is 39.2 Å². The molecule has 0 bridgehead atoms. The van der Waals surface area contributed by atoms with Gasteiger partial charge in [-0.3, -0.25) is 4.79 Å². The summed E-state index contributed by atoms with van der Waals surface area (Å²) < 4.78 is 16.2. The van der Waals surface area contributed by atoms with Crippen molar-refractivity contribution < 1.29 is 23.5 Å². The predicted octanol–water partition coefficient (Wildman–Crippen LogP) is 6.03. The summed E-state index contributed by atoms with van der Waals surface area (Å²) in [6.45, 7) is 8.08. The van der Waals surface area contributed by atoms with Gasteiger partial charge in [-0.2, -0.15) is 0 Å². The van der Waals surface area contributed by atoms with Crippen molar-refractivity contribution in [1.29, 1.82) is 0 Å². The molecule has 0 aliphatic heterocycles. The van der Waals surface area contributed by atoms with E-state index < -0.39 is 17.3 Å². The lowest BCUT2D eigenvalue weighted by molar-refractivity contribution is -0.140. The highest BCUT2D eigenvalue weighted by Crippen LogP contribution is 2.34. The number of hydrogen-bond donors (Lipinski definition) is 1. The van der Waals surface area contributed by atoms with Crippen molar-refractivity contribution >= 4 is 34.6 Å². The number of esters is 1. The quantitative estimate of drug-likeness (QED) is 0.289. The van der Waals surface area contributed by atoms with E-state index in [9.17, 15) is 14.4 Å². The first-order chi connectivity index (χ1) is 16.1. The van der Waals surface area contributed by atoms with Gasteiger partial charge in [0.25, 0.3) is 0 Å². The fraction of sp³-hybridized carbons (Fsp3) is 0.577. The van der Waals surface area contributed by atoms with Crippen LogP contribution in [0.25, 0.3) is 11.0 Å². The third-order valence-corrected chi connectivity index (χ3v) is 6.30. The van der Waals surface area contributed by atoms with Gasteiger partial charge in [0.05, 0.1) is 10.9 Å². The second kappa shape index (κ2) is 11.3. The van der Waals surface area contributed by atoms with Gasteiger partial charge in [0, 0.05) is 24.1 Å². The summed E-state index contributed by atoms with van der Waals surface area (Å²) >= 11 is 6.42. The molecule has 7 nitrogen and oxygen atoms in total. The third-order valence-electron chi connectivity index (χ3n) is 6.01. The minimum Gasteiger partial charge on any atom is -0.444 e. The normalized spacial score (nSPS) is 18.5. The van der Waals surface area contributed by atoms with Gasteiger partial charge < -0.3 is 19.2 Å². The van der Waals surface area contributed by atoms with E-state index in [-0.39, 0.29) is 23.6 Å². The summed E-state index contributed by atoms with van der Waals surface area (Å²) in [4.78, 5) is 36.6. The second-order valence-corrected chi connectivity index (χ2v) is 10.4. The van der Waals surface area contributed by atoms with Crippen LogP contribution in [0.2, 0.25) is 5.02 Å². The Bertz CT molecular complexity index is 1080. The monoisotopic (exact) mass is 491 g/mol. The van der Waals surface area contributed by atoms with Crippen molar-refractivity contribution in [2.75, 3.05) is 6.54 Å². The largest absolute Gasteiger partial charge is 0.444 e. The molecule has 1 saturated carbocycles. The van der Waals surface area contributed by atoms with Gasteiger partial charge in [0.15, 0.2) is 5.75 Å². The van der Waals surface area contributed by atoms with E-state index in [0.717, 1.165) is 43.1 Å². The molecule has 3 rings (SSSR count). The number of aryl methyl sites for hydroxylation is 1. The minimum absolute atomic E-state index is 0.198. The van der Waals surface area contributed by atoms with E-state index in [1.807, 2.05) is 20.8 Å². The van der Waals surface area contributed by atoms with Gasteiger partial charge in [0.2, 0.25) is 0 Å². The van der Waals surface area contributed by atoms with Gasteiger partial charge in [-0.15, -0.1) is 0 Å². The van der Waals surface area contributed by atoms with Crippen LogP contribution in [0, 0.1) is 11.8 Å². The number of nitrogens with one attached hydrogen (secondary N) is 1. The third kappa shape index (κ3) is 7.23. The molecule has 1 aromatic heterocycles. The summed E-state index contributed by atoms with van der Waals surface area (Å²) in [5.41, 5.74) is 0.278. The molecule has 8 heteroatoms. The number of carbonyl (C=O) groups is 2. The molecule has 186 valence electrons. The summed E-state index contributed by atoms with van der Waals surface area (Å²) in [5.74, 6) is -0.1000. The Morgan fingerprint density at radius 1 is 1.15 bits per heavy atom. The molecule has 1 aliphatic carbocycles. The van der Waals surface area contributed by atoms with Gasteiger partial charge in [0.1, 0.15) is 11.2 Å². The number of hydrogen-bond acceptors (Lipinski definition) is 6. The number of alkyl carbamates (subject to hydrolysis) is 1. The zero-order valence-electron chi connectivity index (χ0n) is 20.4. The highest BCUT2D eigenvalue weighted by atomic mass is 35.5. The first-order valence-electron chi connectivity index (χ1n) is 12.0. The molecule has 1 N–H and O–H groups in total. The number of halogens is 1. The predicted molar refractivity (Wildman–Crippen MR) is 131 cm³/mol. The maximum absolute atomic E-state index is 12.8. The number of carbonyl (C=O) groups excluding carboxylic acids is 2. The van der Waals surface area contributed by atoms with Gasteiger partial charge in [-0.25, -0.2) is 9.59 Å². The summed E-state index contributed by atoms with van der Waals surface area (Å²) in [6, 6.07) is 4.73. The standard InChI is InChI=1S/C26H34ClNO6/c1-5-6-7-18-12-23(29)32-21-14-22(20(27)13-19(18)21)33-24(30)17-10-8-16(9-11-17)15-28-25(31)34-26(2,3)4/h12-14,16-17H,5-11,15H2,1-4H3,(H,28,31). The van der Waals surface area contributed by atoms with Gasteiger partial charge >= 0.3 is 17.7 Å². The second-order valence-electron chi connectivity index (χ2n) is 9.99. The SMILES string of the molecule is CCCCc1cc(=O)oc2cc(OC(=O)C3CCC(CNC(=O)OC(C)(C)C)CC3)c(Cl)cc12. The van der Waals surface area contributed by atoms with Gasteiger partial charge in [-0.05, 0) is 76.8 Å². The Morgan fingerprint density at radius 3 is 2.50 bits per heavy atom. The number of fused-ring (bicyclic) bond motifs is 1. The maximum atomic E-state index is 12.8. The molecule has 1 aromatic carbocycles. The number of ether oxygens (including phenoxy) is 2. The first kappa shape index (κ1) is 26.1. The number of unbranched alkanes of at least 4 members (excludes halogenated alkanes) is 1. The van der Waals surface area contributed by atoms with Crippen molar-refractivity contribution in [3.8, 4) is 5.75 Å². The summed E-state index contributed by atoms with van der Waals surface area (Å²) in [5, 5.41) is 3.88. The Kier molecular flexibility index (Phi) is 8.63. The highest BCUT2D eigenvalue weighted by Gasteiger charge is 2.29. The Hall–Kier alpha value is -2.54. The van der Waals surface area contributed by atoms with Crippen LogP contribution in [-0.2, 0) is 16.0 Å². The van der Waals surface area contributed by atoms with E-state index in [1.165, 1.54) is 12.1 Å². The summed E-state index contributed by atoms with van der Waals surface area (Å²) in [6.07, 6.45) is 5.22. The molecule has 0 unspecified atom stereocenters. The molecule has 0 saturated heterocycles. The van der Waals surface area contributed by atoms with Crippen molar-refractivity contribution in [1.82, 2.24) is 5.32 Å². The molecule has 0 spiro atoms. The lowest BCUT2D eigenvalue weighted by atomic mass is 9.82. The maximum Gasteiger partial charge on any atom is 0.407 e. The number of rotatable bonds is 7.